The molecule has 0 amide bonds. The molecule has 0 radical (unpaired) electrons. The number of thiophene rings is 1. The van der Waals surface area contributed by atoms with E-state index in [4.69, 9.17) is 10.7 Å². The Labute approximate surface area is 177 Å². The van der Waals surface area contributed by atoms with E-state index < -0.39 is 0 Å². The van der Waals surface area contributed by atoms with Gasteiger partial charge >= 0.3 is 0 Å². The molecule has 1 aliphatic rings. The van der Waals surface area contributed by atoms with Gasteiger partial charge in [0.25, 0.3) is 0 Å². The summed E-state index contributed by atoms with van der Waals surface area (Å²) in [6.07, 6.45) is 6.47. The topological polar surface area (TPSA) is 82.5 Å². The highest BCUT2D eigenvalue weighted by Gasteiger charge is 2.20. The average Bonchev–Trinajstić information content (AvgIpc) is 3.30. The van der Waals surface area contributed by atoms with Gasteiger partial charge in [0.1, 0.15) is 22.8 Å². The first kappa shape index (κ1) is 18.6. The Bertz CT molecular complexity index is 1210. The molecule has 3 heterocycles. The van der Waals surface area contributed by atoms with Gasteiger partial charge in [-0.05, 0) is 56.7 Å². The van der Waals surface area contributed by atoms with Crippen LogP contribution < -0.4 is 5.73 Å². The second kappa shape index (κ2) is 7.42. The van der Waals surface area contributed by atoms with Gasteiger partial charge in [-0.25, -0.2) is 9.97 Å². The number of nitrogens with zero attached hydrogens (tertiary/aromatic N) is 5. The molecule has 1 aromatic carbocycles. The highest BCUT2D eigenvalue weighted by molar-refractivity contribution is 7.98. The lowest BCUT2D eigenvalue weighted by molar-refractivity contribution is 0.700. The van der Waals surface area contributed by atoms with Gasteiger partial charge in [0.05, 0.1) is 16.8 Å². The zero-order valence-corrected chi connectivity index (χ0v) is 18.1. The standard InChI is InChI=1S/C21H22N6S2/c1-12-7-8-15(13(2)9-12)27-11-23-26-21(27)28-10-17-24-19(22)18-14-5-3-4-6-16(14)29-20(18)25-17/h7-9,11H,3-6,10H2,1-2H3,(H2,22,24,25). The first-order valence-electron chi connectivity index (χ1n) is 9.77. The summed E-state index contributed by atoms with van der Waals surface area (Å²) in [7, 11) is 0. The van der Waals surface area contributed by atoms with E-state index >= 15 is 0 Å². The number of fused-ring (bicyclic) bond motifs is 3. The van der Waals surface area contributed by atoms with Crippen LogP contribution in [0, 0.1) is 13.8 Å². The molecule has 2 N–H and O–H groups in total. The fourth-order valence-electron chi connectivity index (χ4n) is 3.99. The lowest BCUT2D eigenvalue weighted by Crippen LogP contribution is -2.03. The summed E-state index contributed by atoms with van der Waals surface area (Å²) >= 11 is 3.36. The quantitative estimate of drug-likeness (QED) is 0.482. The molecule has 0 saturated carbocycles. The number of nitrogens with two attached hydrogens (primary N) is 1. The van der Waals surface area contributed by atoms with Crippen molar-refractivity contribution in [3.05, 3.63) is 51.9 Å². The zero-order valence-electron chi connectivity index (χ0n) is 16.5. The molecule has 3 aromatic heterocycles. The molecule has 0 atom stereocenters. The maximum absolute atomic E-state index is 6.34. The van der Waals surface area contributed by atoms with Gasteiger partial charge in [-0.3, -0.25) is 4.57 Å². The Morgan fingerprint density at radius 2 is 2.03 bits per heavy atom. The molecule has 5 rings (SSSR count). The monoisotopic (exact) mass is 422 g/mol. The van der Waals surface area contributed by atoms with Crippen molar-refractivity contribution in [2.45, 2.75) is 50.4 Å². The molecule has 6 nitrogen and oxygen atoms in total. The maximum Gasteiger partial charge on any atom is 0.196 e. The van der Waals surface area contributed by atoms with Crippen molar-refractivity contribution in [3.8, 4) is 5.69 Å². The van der Waals surface area contributed by atoms with Crippen LogP contribution >= 0.6 is 23.1 Å². The Hall–Kier alpha value is -2.45. The Balaban J connectivity index is 1.42. The van der Waals surface area contributed by atoms with Gasteiger partial charge in [-0.2, -0.15) is 0 Å². The fraction of sp³-hybridized carbons (Fsp3) is 0.333. The summed E-state index contributed by atoms with van der Waals surface area (Å²) in [5.74, 6) is 1.96. The van der Waals surface area contributed by atoms with Gasteiger partial charge in [-0.1, -0.05) is 29.5 Å². The molecule has 8 heteroatoms. The van der Waals surface area contributed by atoms with E-state index in [0.717, 1.165) is 39.7 Å². The van der Waals surface area contributed by atoms with Crippen LogP contribution in [0.2, 0.25) is 0 Å². The lowest BCUT2D eigenvalue weighted by Gasteiger charge is -2.11. The molecule has 148 valence electrons. The Morgan fingerprint density at radius 3 is 2.90 bits per heavy atom. The van der Waals surface area contributed by atoms with E-state index in [2.05, 4.69) is 47.2 Å². The maximum atomic E-state index is 6.34. The van der Waals surface area contributed by atoms with E-state index in [1.165, 1.54) is 34.4 Å². The second-order valence-electron chi connectivity index (χ2n) is 7.48. The van der Waals surface area contributed by atoms with Crippen molar-refractivity contribution in [3.63, 3.8) is 0 Å². The first-order valence-corrected chi connectivity index (χ1v) is 11.6. The molecular formula is C21H22N6S2. The smallest absolute Gasteiger partial charge is 0.196 e. The van der Waals surface area contributed by atoms with Gasteiger partial charge < -0.3 is 5.73 Å². The number of rotatable bonds is 4. The van der Waals surface area contributed by atoms with E-state index in [1.807, 2.05) is 4.57 Å². The van der Waals surface area contributed by atoms with Gasteiger partial charge in [0.2, 0.25) is 0 Å². The van der Waals surface area contributed by atoms with Crippen LogP contribution in [0.1, 0.15) is 40.2 Å². The number of benzene rings is 1. The average molecular weight is 423 g/mol. The van der Waals surface area contributed by atoms with Crippen LogP contribution in [0.15, 0.2) is 29.7 Å². The van der Waals surface area contributed by atoms with Gasteiger partial charge in [-0.15, -0.1) is 21.5 Å². The third kappa shape index (κ3) is 3.40. The van der Waals surface area contributed by atoms with Crippen LogP contribution in [-0.2, 0) is 18.6 Å². The van der Waals surface area contributed by atoms with E-state index in [9.17, 15) is 0 Å². The predicted octanol–water partition coefficient (Wildman–Crippen LogP) is 4.64. The number of aromatic nitrogens is 5. The summed E-state index contributed by atoms with van der Waals surface area (Å²) in [4.78, 5) is 11.9. The molecule has 0 fully saturated rings. The van der Waals surface area contributed by atoms with E-state index in [0.29, 0.717) is 11.6 Å². The molecule has 0 saturated heterocycles. The summed E-state index contributed by atoms with van der Waals surface area (Å²) < 4.78 is 2.02. The third-order valence-electron chi connectivity index (χ3n) is 5.35. The Kier molecular flexibility index (Phi) is 4.75. The van der Waals surface area contributed by atoms with Crippen molar-refractivity contribution >= 4 is 39.1 Å². The van der Waals surface area contributed by atoms with Gasteiger partial charge in [0.15, 0.2) is 5.16 Å². The molecule has 1 aliphatic carbocycles. The SMILES string of the molecule is Cc1ccc(-n2cnnc2SCc2nc(N)c3c4c(sc3n2)CCCC4)c(C)c1. The van der Waals surface area contributed by atoms with Crippen LogP contribution in [0.3, 0.4) is 0 Å². The molecule has 29 heavy (non-hydrogen) atoms. The number of nitrogen functional groups attached to an aromatic ring is 1. The fourth-order valence-corrected chi connectivity index (χ4v) is 6.05. The van der Waals surface area contributed by atoms with Crippen molar-refractivity contribution in [1.82, 2.24) is 24.7 Å². The normalized spacial score (nSPS) is 13.7. The van der Waals surface area contributed by atoms with Crippen molar-refractivity contribution < 1.29 is 0 Å². The van der Waals surface area contributed by atoms with E-state index in [-0.39, 0.29) is 0 Å². The molecule has 0 spiro atoms. The Morgan fingerprint density at radius 1 is 1.17 bits per heavy atom. The summed E-state index contributed by atoms with van der Waals surface area (Å²) in [6, 6.07) is 6.38. The minimum atomic E-state index is 0.603. The first-order chi connectivity index (χ1) is 14.1. The number of hydrogen-bond acceptors (Lipinski definition) is 7. The molecule has 0 bridgehead atoms. The third-order valence-corrected chi connectivity index (χ3v) is 7.47. The molecule has 0 unspecified atom stereocenters. The number of anilines is 1. The highest BCUT2D eigenvalue weighted by Crippen LogP contribution is 2.38. The summed E-state index contributed by atoms with van der Waals surface area (Å²) in [6.45, 7) is 4.20. The minimum Gasteiger partial charge on any atom is -0.383 e. The predicted molar refractivity (Wildman–Crippen MR) is 119 cm³/mol. The second-order valence-corrected chi connectivity index (χ2v) is 9.50. The summed E-state index contributed by atoms with van der Waals surface area (Å²) in [5.41, 5.74) is 11.2. The van der Waals surface area contributed by atoms with Crippen LogP contribution in [0.5, 0.6) is 0 Å². The summed E-state index contributed by atoms with van der Waals surface area (Å²) in [5, 5.41) is 10.3. The number of thioether (sulfide) groups is 1. The van der Waals surface area contributed by atoms with Crippen LogP contribution in [0.4, 0.5) is 5.82 Å². The van der Waals surface area contributed by atoms with E-state index in [1.54, 1.807) is 29.4 Å². The molecular weight excluding hydrogens is 400 g/mol. The lowest BCUT2D eigenvalue weighted by atomic mass is 9.97. The van der Waals surface area contributed by atoms with Crippen molar-refractivity contribution in [2.75, 3.05) is 5.73 Å². The number of hydrogen-bond donors (Lipinski definition) is 1. The van der Waals surface area contributed by atoms with Crippen LogP contribution in [0.25, 0.3) is 15.9 Å². The van der Waals surface area contributed by atoms with Crippen molar-refractivity contribution in [1.29, 1.82) is 0 Å². The molecule has 4 aromatic rings. The van der Waals surface area contributed by atoms with Gasteiger partial charge in [0, 0.05) is 4.88 Å². The number of aryl methyl sites for hydroxylation is 4. The zero-order chi connectivity index (χ0) is 20.0. The van der Waals surface area contributed by atoms with Crippen molar-refractivity contribution in [2.24, 2.45) is 0 Å². The van der Waals surface area contributed by atoms with Crippen LogP contribution in [-0.4, -0.2) is 24.7 Å². The minimum absolute atomic E-state index is 0.603. The largest absolute Gasteiger partial charge is 0.383 e. The molecule has 0 aliphatic heterocycles. The highest BCUT2D eigenvalue weighted by atomic mass is 32.2.